The lowest BCUT2D eigenvalue weighted by molar-refractivity contribution is -0.148. The van der Waals surface area contributed by atoms with Gasteiger partial charge in [-0.15, -0.1) is 0 Å². The summed E-state index contributed by atoms with van der Waals surface area (Å²) in [5.41, 5.74) is 3.75. The van der Waals surface area contributed by atoms with Crippen molar-refractivity contribution in [3.05, 3.63) is 46.8 Å². The van der Waals surface area contributed by atoms with E-state index in [0.717, 1.165) is 22.5 Å². The Kier molecular flexibility index (Phi) is 6.77. The van der Waals surface area contributed by atoms with Crippen molar-refractivity contribution in [2.24, 2.45) is 0 Å². The Balaban J connectivity index is 1.68. The number of nitrogens with zero attached hydrogens (tertiary/aromatic N) is 2. The normalized spacial score (nSPS) is 10.5. The van der Waals surface area contributed by atoms with Crippen LogP contribution in [0.2, 0.25) is 0 Å². The SMILES string of the molecule is Cc1noc(C)c1CCC(=O)OCC(=O)NCc1ccc(N(C)C)cc1. The third kappa shape index (κ3) is 5.61. The number of rotatable bonds is 8. The number of nitrogens with one attached hydrogen (secondary N) is 1. The van der Waals surface area contributed by atoms with Gasteiger partial charge in [-0.1, -0.05) is 17.3 Å². The van der Waals surface area contributed by atoms with Gasteiger partial charge in [0.15, 0.2) is 6.61 Å². The summed E-state index contributed by atoms with van der Waals surface area (Å²) in [5, 5.41) is 6.58. The van der Waals surface area contributed by atoms with Crippen molar-refractivity contribution in [2.45, 2.75) is 33.2 Å². The Bertz CT molecular complexity index is 731. The van der Waals surface area contributed by atoms with Crippen molar-refractivity contribution in [3.63, 3.8) is 0 Å². The molecule has 1 aromatic heterocycles. The zero-order chi connectivity index (χ0) is 19.1. The van der Waals surface area contributed by atoms with E-state index in [4.69, 9.17) is 9.26 Å². The summed E-state index contributed by atoms with van der Waals surface area (Å²) in [5.74, 6) is -0.0452. The molecular formula is C19H25N3O4. The molecule has 0 fully saturated rings. The fourth-order valence-corrected chi connectivity index (χ4v) is 2.47. The standard InChI is InChI=1S/C19H25N3O4/c1-13-17(14(2)26-21-13)9-10-19(24)25-12-18(23)20-11-15-5-7-16(8-6-15)22(3)4/h5-8H,9-12H2,1-4H3,(H,20,23). The molecule has 0 spiro atoms. The first-order valence-corrected chi connectivity index (χ1v) is 8.47. The number of amides is 1. The second-order valence-electron chi connectivity index (χ2n) is 6.30. The first-order chi connectivity index (χ1) is 12.4. The first-order valence-electron chi connectivity index (χ1n) is 8.47. The second kappa shape index (κ2) is 9.03. The molecule has 0 bridgehead atoms. The number of hydrogen-bond acceptors (Lipinski definition) is 6. The average Bonchev–Trinajstić information content (AvgIpc) is 2.94. The summed E-state index contributed by atoms with van der Waals surface area (Å²) in [6, 6.07) is 7.86. The molecule has 0 saturated carbocycles. The van der Waals surface area contributed by atoms with Gasteiger partial charge in [-0.05, 0) is 38.0 Å². The summed E-state index contributed by atoms with van der Waals surface area (Å²) in [4.78, 5) is 25.6. The molecule has 0 aliphatic carbocycles. The number of anilines is 1. The minimum absolute atomic E-state index is 0.183. The number of ether oxygens (including phenoxy) is 1. The quantitative estimate of drug-likeness (QED) is 0.727. The number of esters is 1. The van der Waals surface area contributed by atoms with Crippen LogP contribution in [0.1, 0.15) is 29.0 Å². The van der Waals surface area contributed by atoms with Gasteiger partial charge in [0, 0.05) is 38.3 Å². The molecule has 0 saturated heterocycles. The maximum atomic E-state index is 11.8. The fraction of sp³-hybridized carbons (Fsp3) is 0.421. The maximum absolute atomic E-state index is 11.8. The topological polar surface area (TPSA) is 84.7 Å². The number of aromatic nitrogens is 1. The van der Waals surface area contributed by atoms with Gasteiger partial charge in [0.25, 0.3) is 5.91 Å². The van der Waals surface area contributed by atoms with Crippen LogP contribution in [-0.4, -0.2) is 37.7 Å². The molecule has 0 radical (unpaired) electrons. The first kappa shape index (κ1) is 19.5. The third-order valence-corrected chi connectivity index (χ3v) is 4.07. The van der Waals surface area contributed by atoms with Crippen molar-refractivity contribution in [1.82, 2.24) is 10.5 Å². The predicted octanol–water partition coefficient (Wildman–Crippen LogP) is 2.15. The Labute approximate surface area is 153 Å². The van der Waals surface area contributed by atoms with Crippen LogP contribution in [0.15, 0.2) is 28.8 Å². The fourth-order valence-electron chi connectivity index (χ4n) is 2.47. The Morgan fingerprint density at radius 3 is 2.46 bits per heavy atom. The van der Waals surface area contributed by atoms with Crippen molar-refractivity contribution < 1.29 is 18.8 Å². The molecule has 140 valence electrons. The Morgan fingerprint density at radius 1 is 1.19 bits per heavy atom. The molecule has 2 aromatic rings. The lowest BCUT2D eigenvalue weighted by Crippen LogP contribution is -2.28. The van der Waals surface area contributed by atoms with Crippen molar-refractivity contribution >= 4 is 17.6 Å². The van der Waals surface area contributed by atoms with E-state index in [0.29, 0.717) is 18.7 Å². The lowest BCUT2D eigenvalue weighted by Gasteiger charge is -2.13. The second-order valence-corrected chi connectivity index (χ2v) is 6.30. The molecule has 7 nitrogen and oxygen atoms in total. The van der Waals surface area contributed by atoms with E-state index < -0.39 is 5.97 Å². The number of carbonyl (C=O) groups is 2. The van der Waals surface area contributed by atoms with Gasteiger partial charge in [-0.25, -0.2) is 0 Å². The van der Waals surface area contributed by atoms with Crippen LogP contribution in [0.4, 0.5) is 5.69 Å². The highest BCUT2D eigenvalue weighted by molar-refractivity contribution is 5.80. The molecule has 0 atom stereocenters. The molecule has 1 heterocycles. The number of carbonyl (C=O) groups excluding carboxylic acids is 2. The Morgan fingerprint density at radius 2 is 1.88 bits per heavy atom. The van der Waals surface area contributed by atoms with Crippen LogP contribution in [0, 0.1) is 13.8 Å². The average molecular weight is 359 g/mol. The molecule has 7 heteroatoms. The van der Waals surface area contributed by atoms with Crippen LogP contribution in [0.25, 0.3) is 0 Å². The third-order valence-electron chi connectivity index (χ3n) is 4.07. The van der Waals surface area contributed by atoms with Gasteiger partial charge >= 0.3 is 5.97 Å². The minimum Gasteiger partial charge on any atom is -0.456 e. The van der Waals surface area contributed by atoms with Gasteiger partial charge in [0.05, 0.1) is 5.69 Å². The van der Waals surface area contributed by atoms with E-state index >= 15 is 0 Å². The van der Waals surface area contributed by atoms with E-state index in [1.807, 2.05) is 50.2 Å². The van der Waals surface area contributed by atoms with Crippen molar-refractivity contribution in [3.8, 4) is 0 Å². The molecule has 0 aliphatic rings. The van der Waals surface area contributed by atoms with Gasteiger partial charge in [0.2, 0.25) is 0 Å². The molecule has 1 N–H and O–H groups in total. The van der Waals surface area contributed by atoms with Crippen LogP contribution < -0.4 is 10.2 Å². The van der Waals surface area contributed by atoms with E-state index in [2.05, 4.69) is 10.5 Å². The summed E-state index contributed by atoms with van der Waals surface area (Å²) in [7, 11) is 3.94. The summed E-state index contributed by atoms with van der Waals surface area (Å²) in [6.07, 6.45) is 0.669. The zero-order valence-electron chi connectivity index (χ0n) is 15.7. The van der Waals surface area contributed by atoms with Crippen molar-refractivity contribution in [1.29, 1.82) is 0 Å². The molecule has 1 amide bonds. The van der Waals surface area contributed by atoms with E-state index in [-0.39, 0.29) is 18.9 Å². The van der Waals surface area contributed by atoms with Crippen LogP contribution in [0.5, 0.6) is 0 Å². The van der Waals surface area contributed by atoms with Gasteiger partial charge < -0.3 is 19.5 Å². The van der Waals surface area contributed by atoms with Gasteiger partial charge in [0.1, 0.15) is 5.76 Å². The molecule has 26 heavy (non-hydrogen) atoms. The van der Waals surface area contributed by atoms with Crippen molar-refractivity contribution in [2.75, 3.05) is 25.6 Å². The lowest BCUT2D eigenvalue weighted by atomic mass is 10.1. The van der Waals surface area contributed by atoms with Crippen LogP contribution in [-0.2, 0) is 27.3 Å². The highest BCUT2D eigenvalue weighted by atomic mass is 16.5. The number of aryl methyl sites for hydroxylation is 2. The molecule has 1 aromatic carbocycles. The van der Waals surface area contributed by atoms with Crippen LogP contribution >= 0.6 is 0 Å². The number of benzene rings is 1. The smallest absolute Gasteiger partial charge is 0.306 e. The summed E-state index contributed by atoms with van der Waals surface area (Å²) in [6.45, 7) is 3.74. The molecular weight excluding hydrogens is 334 g/mol. The predicted molar refractivity (Wildman–Crippen MR) is 97.9 cm³/mol. The summed E-state index contributed by atoms with van der Waals surface area (Å²) < 4.78 is 10.1. The highest BCUT2D eigenvalue weighted by Crippen LogP contribution is 2.14. The number of hydrogen-bond donors (Lipinski definition) is 1. The van der Waals surface area contributed by atoms with E-state index in [1.54, 1.807) is 6.92 Å². The van der Waals surface area contributed by atoms with E-state index in [1.165, 1.54) is 0 Å². The summed E-state index contributed by atoms with van der Waals surface area (Å²) >= 11 is 0. The molecule has 2 rings (SSSR count). The van der Waals surface area contributed by atoms with Gasteiger partial charge in [-0.2, -0.15) is 0 Å². The molecule has 0 aliphatic heterocycles. The van der Waals surface area contributed by atoms with Gasteiger partial charge in [-0.3, -0.25) is 9.59 Å². The maximum Gasteiger partial charge on any atom is 0.306 e. The van der Waals surface area contributed by atoms with E-state index in [9.17, 15) is 9.59 Å². The molecule has 0 unspecified atom stereocenters. The van der Waals surface area contributed by atoms with Crippen LogP contribution in [0.3, 0.4) is 0 Å². The zero-order valence-corrected chi connectivity index (χ0v) is 15.7. The monoisotopic (exact) mass is 359 g/mol. The minimum atomic E-state index is -0.421. The highest BCUT2D eigenvalue weighted by Gasteiger charge is 2.13. The largest absolute Gasteiger partial charge is 0.456 e. The Hall–Kier alpha value is -2.83.